The molecule has 0 unspecified atom stereocenters. The van der Waals surface area contributed by atoms with Crippen molar-refractivity contribution in [2.24, 2.45) is 0 Å². The third kappa shape index (κ3) is 3.79. The number of hydrogen-bond acceptors (Lipinski definition) is 6. The number of carbonyl (C=O) groups is 1. The number of nitrogens with one attached hydrogen (secondary N) is 1. The second kappa shape index (κ2) is 7.62. The fourth-order valence-electron chi connectivity index (χ4n) is 4.08. The van der Waals surface area contributed by atoms with E-state index >= 15 is 0 Å². The summed E-state index contributed by atoms with van der Waals surface area (Å²) in [6, 6.07) is 0.565. The SMILES string of the molecule is Cc1ncnc(N2CCC(n3cc(C(=O)NC4CCCC4)nn3)CC2)c1C. The zero-order valence-corrected chi connectivity index (χ0v) is 16.1. The maximum absolute atomic E-state index is 12.4. The maximum atomic E-state index is 12.4. The van der Waals surface area contributed by atoms with Crippen LogP contribution in [0.3, 0.4) is 0 Å². The molecule has 2 fully saturated rings. The molecule has 1 N–H and O–H groups in total. The minimum Gasteiger partial charge on any atom is -0.356 e. The molecule has 0 spiro atoms. The van der Waals surface area contributed by atoms with Crippen LogP contribution in [0, 0.1) is 13.8 Å². The molecule has 2 aliphatic rings. The Morgan fingerprint density at radius 1 is 1.11 bits per heavy atom. The number of carbonyl (C=O) groups excluding carboxylic acids is 1. The van der Waals surface area contributed by atoms with E-state index in [4.69, 9.17) is 0 Å². The molecule has 2 aromatic rings. The van der Waals surface area contributed by atoms with Gasteiger partial charge in [0.25, 0.3) is 5.91 Å². The second-order valence-electron chi connectivity index (χ2n) is 7.66. The Balaban J connectivity index is 1.36. The average Bonchev–Trinajstić information content (AvgIpc) is 3.36. The van der Waals surface area contributed by atoms with Crippen LogP contribution < -0.4 is 10.2 Å². The molecule has 4 rings (SSSR count). The Labute approximate surface area is 159 Å². The molecular formula is C19H27N7O. The molecule has 2 aromatic heterocycles. The molecule has 0 bridgehead atoms. The van der Waals surface area contributed by atoms with Gasteiger partial charge in [-0.2, -0.15) is 0 Å². The Morgan fingerprint density at radius 3 is 2.59 bits per heavy atom. The first-order valence-corrected chi connectivity index (χ1v) is 9.87. The summed E-state index contributed by atoms with van der Waals surface area (Å²) in [6.07, 6.45) is 9.87. The maximum Gasteiger partial charge on any atom is 0.273 e. The lowest BCUT2D eigenvalue weighted by Gasteiger charge is -2.33. The molecular weight excluding hydrogens is 342 g/mol. The number of nitrogens with zero attached hydrogens (tertiary/aromatic N) is 6. The van der Waals surface area contributed by atoms with Crippen LogP contribution in [0.4, 0.5) is 5.82 Å². The van der Waals surface area contributed by atoms with Gasteiger partial charge in [0.15, 0.2) is 5.69 Å². The van der Waals surface area contributed by atoms with E-state index in [9.17, 15) is 4.79 Å². The summed E-state index contributed by atoms with van der Waals surface area (Å²) in [5, 5.41) is 11.4. The highest BCUT2D eigenvalue weighted by molar-refractivity contribution is 5.92. The van der Waals surface area contributed by atoms with Gasteiger partial charge in [-0.25, -0.2) is 14.6 Å². The van der Waals surface area contributed by atoms with Gasteiger partial charge in [-0.15, -0.1) is 5.10 Å². The summed E-state index contributed by atoms with van der Waals surface area (Å²) in [7, 11) is 0. The number of hydrogen-bond donors (Lipinski definition) is 1. The van der Waals surface area contributed by atoms with Gasteiger partial charge in [-0.1, -0.05) is 18.1 Å². The first-order chi connectivity index (χ1) is 13.1. The predicted molar refractivity (Wildman–Crippen MR) is 102 cm³/mol. The Kier molecular flexibility index (Phi) is 5.05. The van der Waals surface area contributed by atoms with Crippen LogP contribution in [0.5, 0.6) is 0 Å². The largest absolute Gasteiger partial charge is 0.356 e. The molecule has 3 heterocycles. The minimum atomic E-state index is -0.0994. The number of aromatic nitrogens is 5. The van der Waals surface area contributed by atoms with Gasteiger partial charge in [-0.3, -0.25) is 4.79 Å². The number of amides is 1. The highest BCUT2D eigenvalue weighted by Crippen LogP contribution is 2.27. The molecule has 144 valence electrons. The molecule has 1 saturated carbocycles. The quantitative estimate of drug-likeness (QED) is 0.889. The number of rotatable bonds is 4. The average molecular weight is 369 g/mol. The van der Waals surface area contributed by atoms with Crippen LogP contribution >= 0.6 is 0 Å². The minimum absolute atomic E-state index is 0.0994. The Hall–Kier alpha value is -2.51. The van der Waals surface area contributed by atoms with Crippen LogP contribution in [0.25, 0.3) is 0 Å². The van der Waals surface area contributed by atoms with Gasteiger partial charge < -0.3 is 10.2 Å². The highest BCUT2D eigenvalue weighted by atomic mass is 16.2. The molecule has 1 aliphatic carbocycles. The van der Waals surface area contributed by atoms with E-state index in [1.54, 1.807) is 12.5 Å². The van der Waals surface area contributed by atoms with E-state index in [0.29, 0.717) is 11.7 Å². The first kappa shape index (κ1) is 17.9. The standard InChI is InChI=1S/C19H27N7O/c1-13-14(2)20-12-21-18(13)25-9-7-16(8-10-25)26-11-17(23-24-26)19(27)22-15-5-3-4-6-15/h11-12,15-16H,3-10H2,1-2H3,(H,22,27). The van der Waals surface area contributed by atoms with Crippen molar-refractivity contribution in [3.05, 3.63) is 29.5 Å². The van der Waals surface area contributed by atoms with Gasteiger partial charge in [-0.05, 0) is 39.5 Å². The lowest BCUT2D eigenvalue weighted by atomic mass is 10.0. The third-order valence-corrected chi connectivity index (χ3v) is 5.88. The van der Waals surface area contributed by atoms with Crippen molar-refractivity contribution in [1.29, 1.82) is 0 Å². The van der Waals surface area contributed by atoms with Gasteiger partial charge in [0, 0.05) is 30.4 Å². The summed E-state index contributed by atoms with van der Waals surface area (Å²) >= 11 is 0. The van der Waals surface area contributed by atoms with Gasteiger partial charge in [0.1, 0.15) is 12.1 Å². The molecule has 1 aliphatic heterocycles. The van der Waals surface area contributed by atoms with Crippen molar-refractivity contribution < 1.29 is 4.79 Å². The number of anilines is 1. The van der Waals surface area contributed by atoms with E-state index < -0.39 is 0 Å². The van der Waals surface area contributed by atoms with Crippen LogP contribution in [-0.4, -0.2) is 50.0 Å². The summed E-state index contributed by atoms with van der Waals surface area (Å²) in [4.78, 5) is 23.4. The smallest absolute Gasteiger partial charge is 0.273 e. The fraction of sp³-hybridized carbons (Fsp3) is 0.632. The van der Waals surface area contributed by atoms with Crippen molar-refractivity contribution in [1.82, 2.24) is 30.3 Å². The molecule has 8 heteroatoms. The van der Waals surface area contributed by atoms with E-state index in [2.05, 4.69) is 37.4 Å². The van der Waals surface area contributed by atoms with Gasteiger partial charge >= 0.3 is 0 Å². The Bertz CT molecular complexity index is 804. The lowest BCUT2D eigenvalue weighted by Crippen LogP contribution is -2.36. The molecule has 0 aromatic carbocycles. The van der Waals surface area contributed by atoms with Crippen molar-refractivity contribution in [2.75, 3.05) is 18.0 Å². The molecule has 0 radical (unpaired) electrons. The topological polar surface area (TPSA) is 88.8 Å². The highest BCUT2D eigenvalue weighted by Gasteiger charge is 2.25. The monoisotopic (exact) mass is 369 g/mol. The number of aryl methyl sites for hydroxylation is 1. The van der Waals surface area contributed by atoms with Crippen molar-refractivity contribution in [3.8, 4) is 0 Å². The van der Waals surface area contributed by atoms with Crippen molar-refractivity contribution in [2.45, 2.75) is 64.5 Å². The summed E-state index contributed by atoms with van der Waals surface area (Å²) in [5.41, 5.74) is 2.59. The lowest BCUT2D eigenvalue weighted by molar-refractivity contribution is 0.0932. The molecule has 8 nitrogen and oxygen atoms in total. The second-order valence-corrected chi connectivity index (χ2v) is 7.66. The molecule has 1 amide bonds. The molecule has 27 heavy (non-hydrogen) atoms. The summed E-state index contributed by atoms with van der Waals surface area (Å²) in [5.74, 6) is 0.925. The van der Waals surface area contributed by atoms with Crippen molar-refractivity contribution >= 4 is 11.7 Å². The fourth-order valence-corrected chi connectivity index (χ4v) is 4.08. The first-order valence-electron chi connectivity index (χ1n) is 9.87. The summed E-state index contributed by atoms with van der Waals surface area (Å²) < 4.78 is 1.86. The zero-order chi connectivity index (χ0) is 18.8. The summed E-state index contributed by atoms with van der Waals surface area (Å²) in [6.45, 7) is 5.90. The van der Waals surface area contributed by atoms with E-state index in [0.717, 1.165) is 55.8 Å². The normalized spacial score (nSPS) is 18.8. The van der Waals surface area contributed by atoms with Crippen LogP contribution in [-0.2, 0) is 0 Å². The van der Waals surface area contributed by atoms with Gasteiger partial charge in [0.05, 0.1) is 12.2 Å². The zero-order valence-electron chi connectivity index (χ0n) is 16.1. The predicted octanol–water partition coefficient (Wildman–Crippen LogP) is 2.20. The van der Waals surface area contributed by atoms with Crippen LogP contribution in [0.1, 0.15) is 66.3 Å². The van der Waals surface area contributed by atoms with Crippen molar-refractivity contribution in [3.63, 3.8) is 0 Å². The Morgan fingerprint density at radius 2 is 1.85 bits per heavy atom. The van der Waals surface area contributed by atoms with Crippen LogP contribution in [0.15, 0.2) is 12.5 Å². The third-order valence-electron chi connectivity index (χ3n) is 5.88. The molecule has 1 saturated heterocycles. The van der Waals surface area contributed by atoms with E-state index in [1.807, 2.05) is 11.6 Å². The van der Waals surface area contributed by atoms with E-state index in [-0.39, 0.29) is 11.9 Å². The van der Waals surface area contributed by atoms with Crippen LogP contribution in [0.2, 0.25) is 0 Å². The molecule has 0 atom stereocenters. The van der Waals surface area contributed by atoms with Gasteiger partial charge in [0.2, 0.25) is 0 Å². The number of piperidine rings is 1. The van der Waals surface area contributed by atoms with E-state index in [1.165, 1.54) is 12.8 Å².